The van der Waals surface area contributed by atoms with Gasteiger partial charge in [0.15, 0.2) is 0 Å². The highest BCUT2D eigenvalue weighted by Gasteiger charge is 1.99. The van der Waals surface area contributed by atoms with Crippen molar-refractivity contribution < 1.29 is 0 Å². The van der Waals surface area contributed by atoms with Crippen LogP contribution in [0, 0.1) is 5.92 Å². The predicted molar refractivity (Wildman–Crippen MR) is 60.1 cm³/mol. The molecule has 0 aromatic heterocycles. The van der Waals surface area contributed by atoms with Gasteiger partial charge in [-0.25, -0.2) is 0 Å². The molecule has 0 aromatic carbocycles. The van der Waals surface area contributed by atoms with E-state index in [1.54, 1.807) is 0 Å². The minimum absolute atomic E-state index is 0.658. The lowest BCUT2D eigenvalue weighted by atomic mass is 10.1. The molecule has 78 valence electrons. The molecule has 0 fully saturated rings. The maximum absolute atomic E-state index is 4.48. The van der Waals surface area contributed by atoms with Crippen LogP contribution in [0.5, 0.6) is 0 Å². The zero-order chi connectivity index (χ0) is 10.1. The molecule has 0 saturated carbocycles. The first-order valence-electron chi connectivity index (χ1n) is 5.57. The van der Waals surface area contributed by atoms with Crippen LogP contribution in [0.4, 0.5) is 0 Å². The van der Waals surface area contributed by atoms with Crippen molar-refractivity contribution in [3.05, 3.63) is 0 Å². The summed E-state index contributed by atoms with van der Waals surface area (Å²) < 4.78 is 0. The number of nitrogens with zero attached hydrogens (tertiary/aromatic N) is 2. The van der Waals surface area contributed by atoms with E-state index in [4.69, 9.17) is 0 Å². The van der Waals surface area contributed by atoms with Gasteiger partial charge in [-0.3, -0.25) is 5.01 Å². The SMILES string of the molecule is CCCN(CC)N=CC(CC)CC. The lowest BCUT2D eigenvalue weighted by Crippen LogP contribution is -2.18. The summed E-state index contributed by atoms with van der Waals surface area (Å²) in [5, 5.41) is 6.62. The summed E-state index contributed by atoms with van der Waals surface area (Å²) in [5.74, 6) is 0.658. The Morgan fingerprint density at radius 1 is 1.15 bits per heavy atom. The largest absolute Gasteiger partial charge is 0.298 e. The van der Waals surface area contributed by atoms with E-state index in [1.165, 1.54) is 19.3 Å². The monoisotopic (exact) mass is 184 g/mol. The van der Waals surface area contributed by atoms with Gasteiger partial charge in [-0.2, -0.15) is 5.10 Å². The van der Waals surface area contributed by atoms with Crippen LogP contribution < -0.4 is 0 Å². The van der Waals surface area contributed by atoms with Gasteiger partial charge in [-0.1, -0.05) is 20.8 Å². The molecule has 0 bridgehead atoms. The molecule has 0 rings (SSSR count). The molecular formula is C11H24N2. The molecule has 0 unspecified atom stereocenters. The second-order valence-electron chi connectivity index (χ2n) is 3.39. The van der Waals surface area contributed by atoms with Crippen LogP contribution in [0.1, 0.15) is 47.0 Å². The average molecular weight is 184 g/mol. The van der Waals surface area contributed by atoms with Crippen LogP contribution in [0.25, 0.3) is 0 Å². The Balaban J connectivity index is 3.88. The molecule has 0 heterocycles. The standard InChI is InChI=1S/C11H24N2/c1-5-9-13(8-4)12-10-11(6-2)7-3/h10-11H,5-9H2,1-4H3. The summed E-state index contributed by atoms with van der Waals surface area (Å²) in [6.07, 6.45) is 5.68. The average Bonchev–Trinajstić information content (AvgIpc) is 2.17. The third-order valence-corrected chi connectivity index (χ3v) is 2.34. The van der Waals surface area contributed by atoms with Crippen LogP contribution in [0.3, 0.4) is 0 Å². The van der Waals surface area contributed by atoms with E-state index in [-0.39, 0.29) is 0 Å². The Morgan fingerprint density at radius 2 is 1.77 bits per heavy atom. The molecule has 2 nitrogen and oxygen atoms in total. The highest BCUT2D eigenvalue weighted by molar-refractivity contribution is 5.60. The summed E-state index contributed by atoms with van der Waals surface area (Å²) in [6.45, 7) is 10.9. The lowest BCUT2D eigenvalue weighted by molar-refractivity contribution is 0.304. The fourth-order valence-corrected chi connectivity index (χ4v) is 1.24. The van der Waals surface area contributed by atoms with E-state index < -0.39 is 0 Å². The molecular weight excluding hydrogens is 160 g/mol. The Morgan fingerprint density at radius 3 is 2.15 bits per heavy atom. The molecule has 0 N–H and O–H groups in total. The van der Waals surface area contributed by atoms with E-state index >= 15 is 0 Å². The topological polar surface area (TPSA) is 15.6 Å². The predicted octanol–water partition coefficient (Wildman–Crippen LogP) is 3.14. The highest BCUT2D eigenvalue weighted by Crippen LogP contribution is 2.04. The minimum Gasteiger partial charge on any atom is -0.298 e. The molecule has 0 aliphatic rings. The number of hydrazone groups is 1. The molecule has 0 aliphatic carbocycles. The maximum Gasteiger partial charge on any atom is 0.0357 e. The van der Waals surface area contributed by atoms with Gasteiger partial charge in [0.05, 0.1) is 0 Å². The minimum atomic E-state index is 0.658. The van der Waals surface area contributed by atoms with Gasteiger partial charge in [0.25, 0.3) is 0 Å². The van der Waals surface area contributed by atoms with Crippen molar-refractivity contribution in [3.63, 3.8) is 0 Å². The Hall–Kier alpha value is -0.530. The molecule has 0 atom stereocenters. The van der Waals surface area contributed by atoms with Crippen LogP contribution in [-0.2, 0) is 0 Å². The van der Waals surface area contributed by atoms with Gasteiger partial charge in [0.1, 0.15) is 0 Å². The first-order chi connectivity index (χ1) is 6.28. The maximum atomic E-state index is 4.48. The second-order valence-corrected chi connectivity index (χ2v) is 3.39. The molecule has 0 aliphatic heterocycles. The van der Waals surface area contributed by atoms with E-state index in [2.05, 4.69) is 44.0 Å². The summed E-state index contributed by atoms with van der Waals surface area (Å²) in [5.41, 5.74) is 0. The molecule has 2 heteroatoms. The fourth-order valence-electron chi connectivity index (χ4n) is 1.24. The van der Waals surface area contributed by atoms with Gasteiger partial charge >= 0.3 is 0 Å². The summed E-state index contributed by atoms with van der Waals surface area (Å²) in [4.78, 5) is 0. The van der Waals surface area contributed by atoms with Gasteiger partial charge in [-0.15, -0.1) is 0 Å². The molecule has 0 saturated heterocycles. The first-order valence-corrected chi connectivity index (χ1v) is 5.57. The summed E-state index contributed by atoms with van der Waals surface area (Å²) in [7, 11) is 0. The van der Waals surface area contributed by atoms with Crippen LogP contribution in [-0.4, -0.2) is 24.3 Å². The normalized spacial score (nSPS) is 11.5. The van der Waals surface area contributed by atoms with E-state index in [9.17, 15) is 0 Å². The Labute approximate surface area is 83.0 Å². The van der Waals surface area contributed by atoms with Crippen molar-refractivity contribution >= 4 is 6.21 Å². The zero-order valence-electron chi connectivity index (χ0n) is 9.58. The van der Waals surface area contributed by atoms with Crippen molar-refractivity contribution in [2.75, 3.05) is 13.1 Å². The number of hydrogen-bond donors (Lipinski definition) is 0. The van der Waals surface area contributed by atoms with Crippen molar-refractivity contribution in [2.24, 2.45) is 11.0 Å². The van der Waals surface area contributed by atoms with Crippen molar-refractivity contribution in [1.82, 2.24) is 5.01 Å². The van der Waals surface area contributed by atoms with E-state index in [0.717, 1.165) is 13.1 Å². The first kappa shape index (κ1) is 12.5. The highest BCUT2D eigenvalue weighted by atomic mass is 15.4. The van der Waals surface area contributed by atoms with Gasteiger partial charge in [0.2, 0.25) is 0 Å². The quantitative estimate of drug-likeness (QED) is 0.438. The summed E-state index contributed by atoms with van der Waals surface area (Å²) in [6, 6.07) is 0. The van der Waals surface area contributed by atoms with E-state index in [0.29, 0.717) is 5.92 Å². The number of hydrogen-bond acceptors (Lipinski definition) is 2. The summed E-state index contributed by atoms with van der Waals surface area (Å²) >= 11 is 0. The van der Waals surface area contributed by atoms with Crippen LogP contribution >= 0.6 is 0 Å². The van der Waals surface area contributed by atoms with Crippen LogP contribution in [0.15, 0.2) is 5.10 Å². The molecule has 0 spiro atoms. The van der Waals surface area contributed by atoms with Gasteiger partial charge in [-0.05, 0) is 32.1 Å². The van der Waals surface area contributed by atoms with Gasteiger partial charge < -0.3 is 0 Å². The molecule has 0 amide bonds. The van der Waals surface area contributed by atoms with Crippen molar-refractivity contribution in [1.29, 1.82) is 0 Å². The van der Waals surface area contributed by atoms with E-state index in [1.807, 2.05) is 0 Å². The van der Waals surface area contributed by atoms with Gasteiger partial charge in [0, 0.05) is 19.3 Å². The van der Waals surface area contributed by atoms with Crippen molar-refractivity contribution in [3.8, 4) is 0 Å². The smallest absolute Gasteiger partial charge is 0.0357 e. The lowest BCUT2D eigenvalue weighted by Gasteiger charge is -2.16. The zero-order valence-corrected chi connectivity index (χ0v) is 9.58. The molecule has 0 radical (unpaired) electrons. The fraction of sp³-hybridized carbons (Fsp3) is 0.909. The van der Waals surface area contributed by atoms with Crippen LogP contribution in [0.2, 0.25) is 0 Å². The second kappa shape index (κ2) is 8.09. The molecule has 0 aromatic rings. The third kappa shape index (κ3) is 5.67. The number of rotatable bonds is 7. The molecule has 13 heavy (non-hydrogen) atoms. The van der Waals surface area contributed by atoms with Crippen molar-refractivity contribution in [2.45, 2.75) is 47.0 Å². The Bertz CT molecular complexity index is 128. The third-order valence-electron chi connectivity index (χ3n) is 2.34. The Kier molecular flexibility index (Phi) is 7.76.